The van der Waals surface area contributed by atoms with Crippen LogP contribution in [0.25, 0.3) is 0 Å². The molecule has 2 aromatic rings. The van der Waals surface area contributed by atoms with Gasteiger partial charge in [-0.05, 0) is 36.8 Å². The molecule has 0 aliphatic carbocycles. The number of ether oxygens (including phenoxy) is 3. The van der Waals surface area contributed by atoms with Crippen molar-refractivity contribution in [3.63, 3.8) is 0 Å². The lowest BCUT2D eigenvalue weighted by atomic mass is 10.2. The van der Waals surface area contributed by atoms with Crippen molar-refractivity contribution in [2.75, 3.05) is 51.7 Å². The Morgan fingerprint density at radius 2 is 1.72 bits per heavy atom. The quantitative estimate of drug-likeness (QED) is 0.193. The maximum absolute atomic E-state index is 5.55. The van der Waals surface area contributed by atoms with Gasteiger partial charge in [-0.15, -0.1) is 24.0 Å². The van der Waals surface area contributed by atoms with E-state index in [-0.39, 0.29) is 24.0 Å². The molecule has 0 aliphatic rings. The van der Waals surface area contributed by atoms with Crippen LogP contribution in [0.2, 0.25) is 0 Å². The van der Waals surface area contributed by atoms with Gasteiger partial charge in [-0.2, -0.15) is 0 Å². The van der Waals surface area contributed by atoms with Crippen LogP contribution in [0.15, 0.2) is 47.5 Å². The number of benzene rings is 2. The summed E-state index contributed by atoms with van der Waals surface area (Å²) in [5, 5.41) is 9.88. The largest absolute Gasteiger partial charge is 0.493 e. The number of rotatable bonds is 10. The molecule has 29 heavy (non-hydrogen) atoms. The Balaban J connectivity index is 0.00000420. The highest BCUT2D eigenvalue weighted by Gasteiger charge is 2.07. The third kappa shape index (κ3) is 8.36. The van der Waals surface area contributed by atoms with Gasteiger partial charge in [-0.25, -0.2) is 0 Å². The second-order valence-electron chi connectivity index (χ2n) is 5.97. The first-order valence-corrected chi connectivity index (χ1v) is 9.30. The number of methoxy groups -OCH3 is 2. The topological polar surface area (TPSA) is 76.1 Å². The zero-order valence-corrected chi connectivity index (χ0v) is 19.8. The van der Waals surface area contributed by atoms with E-state index in [0.29, 0.717) is 31.5 Å². The Morgan fingerprint density at radius 1 is 1.00 bits per heavy atom. The molecule has 8 heteroatoms. The van der Waals surface area contributed by atoms with Crippen molar-refractivity contribution >= 4 is 41.3 Å². The van der Waals surface area contributed by atoms with Crippen molar-refractivity contribution in [3.05, 3.63) is 48.0 Å². The Kier molecular flexibility index (Phi) is 11.9. The maximum atomic E-state index is 5.55. The highest BCUT2D eigenvalue weighted by molar-refractivity contribution is 14.0. The molecule has 0 spiro atoms. The van der Waals surface area contributed by atoms with Crippen LogP contribution in [0, 0.1) is 0 Å². The van der Waals surface area contributed by atoms with E-state index in [0.717, 1.165) is 29.2 Å². The summed E-state index contributed by atoms with van der Waals surface area (Å²) in [5.41, 5.74) is 3.10. The molecule has 0 fully saturated rings. The van der Waals surface area contributed by atoms with E-state index >= 15 is 0 Å². The van der Waals surface area contributed by atoms with Gasteiger partial charge in [0.25, 0.3) is 0 Å². The van der Waals surface area contributed by atoms with Gasteiger partial charge in [0, 0.05) is 44.7 Å². The molecule has 2 rings (SSSR count). The zero-order valence-electron chi connectivity index (χ0n) is 17.5. The number of guanidine groups is 1. The number of halogens is 1. The predicted molar refractivity (Wildman–Crippen MR) is 130 cm³/mol. The molecule has 0 aliphatic heterocycles. The SMILES string of the molecule is CCOc1ccc(NC(=NC)NCc2ccc(NCCOC)cc2)cc1OC.I. The lowest BCUT2D eigenvalue weighted by Crippen LogP contribution is -2.30. The fraction of sp³-hybridized carbons (Fsp3) is 0.381. The van der Waals surface area contributed by atoms with E-state index < -0.39 is 0 Å². The van der Waals surface area contributed by atoms with Crippen LogP contribution < -0.4 is 25.4 Å². The number of hydrogen-bond acceptors (Lipinski definition) is 5. The van der Waals surface area contributed by atoms with Gasteiger partial charge in [0.1, 0.15) is 0 Å². The van der Waals surface area contributed by atoms with Crippen LogP contribution in [0.5, 0.6) is 11.5 Å². The molecular formula is C21H31IN4O3. The third-order valence-corrected chi connectivity index (χ3v) is 4.00. The van der Waals surface area contributed by atoms with Crippen molar-refractivity contribution in [3.8, 4) is 11.5 Å². The summed E-state index contributed by atoms with van der Waals surface area (Å²) in [6, 6.07) is 14.0. The van der Waals surface area contributed by atoms with Gasteiger partial charge in [0.2, 0.25) is 0 Å². The van der Waals surface area contributed by atoms with Crippen LogP contribution in [0.3, 0.4) is 0 Å². The van der Waals surface area contributed by atoms with E-state index in [9.17, 15) is 0 Å². The van der Waals surface area contributed by atoms with Gasteiger partial charge in [0.15, 0.2) is 17.5 Å². The first-order valence-electron chi connectivity index (χ1n) is 9.30. The minimum absolute atomic E-state index is 0. The Hall–Kier alpha value is -2.20. The molecule has 0 saturated carbocycles. The van der Waals surface area contributed by atoms with Crippen LogP contribution in [-0.2, 0) is 11.3 Å². The first kappa shape index (κ1) is 24.8. The summed E-state index contributed by atoms with van der Waals surface area (Å²) in [7, 11) is 5.06. The maximum Gasteiger partial charge on any atom is 0.195 e. The van der Waals surface area contributed by atoms with Crippen LogP contribution in [0.1, 0.15) is 12.5 Å². The van der Waals surface area contributed by atoms with Crippen molar-refractivity contribution in [2.24, 2.45) is 4.99 Å². The van der Waals surface area contributed by atoms with E-state index in [4.69, 9.17) is 14.2 Å². The summed E-state index contributed by atoms with van der Waals surface area (Å²) in [4.78, 5) is 4.28. The second-order valence-corrected chi connectivity index (χ2v) is 5.97. The molecule has 2 aromatic carbocycles. The van der Waals surface area contributed by atoms with E-state index in [1.165, 1.54) is 0 Å². The fourth-order valence-corrected chi connectivity index (χ4v) is 2.56. The van der Waals surface area contributed by atoms with Gasteiger partial charge < -0.3 is 30.2 Å². The minimum atomic E-state index is 0. The molecule has 160 valence electrons. The monoisotopic (exact) mass is 514 g/mol. The molecule has 7 nitrogen and oxygen atoms in total. The average molecular weight is 514 g/mol. The molecule has 0 amide bonds. The number of hydrogen-bond donors (Lipinski definition) is 3. The molecule has 0 atom stereocenters. The first-order chi connectivity index (χ1) is 13.7. The number of anilines is 2. The van der Waals surface area contributed by atoms with E-state index in [1.807, 2.05) is 25.1 Å². The standard InChI is InChI=1S/C21H30N4O3.HI/c1-5-28-19-11-10-18(14-20(19)27-4)25-21(22-2)24-15-16-6-8-17(9-7-16)23-12-13-26-3;/h6-11,14,23H,5,12-13,15H2,1-4H3,(H2,22,24,25);1H. The summed E-state index contributed by atoms with van der Waals surface area (Å²) in [6.45, 7) is 4.66. The van der Waals surface area contributed by atoms with Gasteiger partial charge in [0.05, 0.1) is 20.3 Å². The van der Waals surface area contributed by atoms with Crippen LogP contribution in [0.4, 0.5) is 11.4 Å². The highest BCUT2D eigenvalue weighted by Crippen LogP contribution is 2.30. The summed E-state index contributed by atoms with van der Waals surface area (Å²) in [6.07, 6.45) is 0. The lowest BCUT2D eigenvalue weighted by molar-refractivity contribution is 0.211. The smallest absolute Gasteiger partial charge is 0.195 e. The van der Waals surface area contributed by atoms with Crippen molar-refractivity contribution in [1.29, 1.82) is 0 Å². The molecule has 0 saturated heterocycles. The molecule has 0 bridgehead atoms. The zero-order chi connectivity index (χ0) is 20.2. The molecular weight excluding hydrogens is 483 g/mol. The van der Waals surface area contributed by atoms with E-state index in [1.54, 1.807) is 21.3 Å². The second kappa shape index (κ2) is 13.9. The third-order valence-electron chi connectivity index (χ3n) is 4.00. The van der Waals surface area contributed by atoms with Gasteiger partial charge in [-0.3, -0.25) is 4.99 Å². The Morgan fingerprint density at radius 3 is 2.34 bits per heavy atom. The van der Waals surface area contributed by atoms with Gasteiger partial charge in [-0.1, -0.05) is 12.1 Å². The predicted octanol–water partition coefficient (Wildman–Crippen LogP) is 3.96. The Labute approximate surface area is 190 Å². The molecule has 0 radical (unpaired) electrons. The average Bonchev–Trinajstić information content (AvgIpc) is 2.73. The molecule has 0 heterocycles. The number of nitrogens with zero attached hydrogens (tertiary/aromatic N) is 1. The molecule has 3 N–H and O–H groups in total. The lowest BCUT2D eigenvalue weighted by Gasteiger charge is -2.15. The van der Waals surface area contributed by atoms with Crippen LogP contribution in [-0.4, -0.2) is 47.0 Å². The Bertz CT molecular complexity index is 754. The normalized spacial score (nSPS) is 10.7. The summed E-state index contributed by atoms with van der Waals surface area (Å²) < 4.78 is 16.0. The summed E-state index contributed by atoms with van der Waals surface area (Å²) in [5.74, 6) is 2.07. The van der Waals surface area contributed by atoms with Crippen molar-refractivity contribution in [1.82, 2.24) is 5.32 Å². The summed E-state index contributed by atoms with van der Waals surface area (Å²) >= 11 is 0. The highest BCUT2D eigenvalue weighted by atomic mass is 127. The van der Waals surface area contributed by atoms with Gasteiger partial charge >= 0.3 is 0 Å². The van der Waals surface area contributed by atoms with E-state index in [2.05, 4.69) is 45.2 Å². The molecule has 0 unspecified atom stereocenters. The fourth-order valence-electron chi connectivity index (χ4n) is 2.56. The molecule has 0 aromatic heterocycles. The van der Waals surface area contributed by atoms with Crippen molar-refractivity contribution < 1.29 is 14.2 Å². The number of nitrogens with one attached hydrogen (secondary N) is 3. The van der Waals surface area contributed by atoms with Crippen LogP contribution >= 0.6 is 24.0 Å². The van der Waals surface area contributed by atoms with Crippen molar-refractivity contribution in [2.45, 2.75) is 13.5 Å². The number of aliphatic imine (C=N–C) groups is 1. The minimum Gasteiger partial charge on any atom is -0.493 e.